The largest absolute Gasteiger partial charge is 0.493 e. The number of carbonyl (C=O) groups excluding carboxylic acids is 1. The maximum absolute atomic E-state index is 12.7. The van der Waals surface area contributed by atoms with Crippen LogP contribution in [0.4, 0.5) is 5.69 Å². The quantitative estimate of drug-likeness (QED) is 0.634. The summed E-state index contributed by atoms with van der Waals surface area (Å²) in [4.78, 5) is 11.7. The number of methoxy groups -OCH3 is 4. The summed E-state index contributed by atoms with van der Waals surface area (Å²) in [5, 5.41) is 0. The number of halogens is 1. The van der Waals surface area contributed by atoms with Gasteiger partial charge in [-0.05, 0) is 34.1 Å². The normalized spacial score (nSPS) is 10.9. The fourth-order valence-electron chi connectivity index (χ4n) is 2.29. The molecule has 8 nitrogen and oxygen atoms in total. The van der Waals surface area contributed by atoms with Crippen LogP contribution in [-0.4, -0.2) is 42.8 Å². The van der Waals surface area contributed by atoms with Gasteiger partial charge in [0.1, 0.15) is 0 Å². The van der Waals surface area contributed by atoms with E-state index in [0.717, 1.165) is 0 Å². The predicted octanol–water partition coefficient (Wildman–Crippen LogP) is 3.06. The number of hydrogen-bond donors (Lipinski definition) is 1. The van der Waals surface area contributed by atoms with Crippen LogP contribution in [0.1, 0.15) is 10.4 Å². The Kier molecular flexibility index (Phi) is 6.55. The van der Waals surface area contributed by atoms with Crippen molar-refractivity contribution in [3.63, 3.8) is 0 Å². The molecular formula is C17H18BrNO7S. The van der Waals surface area contributed by atoms with Gasteiger partial charge in [-0.2, -0.15) is 0 Å². The number of sulfonamides is 1. The van der Waals surface area contributed by atoms with Crippen LogP contribution in [0.2, 0.25) is 0 Å². The molecule has 2 rings (SSSR count). The second-order valence-electron chi connectivity index (χ2n) is 5.15. The van der Waals surface area contributed by atoms with Crippen molar-refractivity contribution in [2.45, 2.75) is 4.90 Å². The van der Waals surface area contributed by atoms with E-state index < -0.39 is 16.0 Å². The fourth-order valence-corrected chi connectivity index (χ4v) is 3.77. The molecule has 0 aliphatic heterocycles. The second-order valence-corrected chi connectivity index (χ2v) is 7.69. The number of rotatable bonds is 7. The van der Waals surface area contributed by atoms with E-state index in [4.69, 9.17) is 14.2 Å². The molecule has 1 N–H and O–H groups in total. The van der Waals surface area contributed by atoms with Gasteiger partial charge in [0.25, 0.3) is 10.0 Å². The Labute approximate surface area is 165 Å². The summed E-state index contributed by atoms with van der Waals surface area (Å²) >= 11 is 3.20. The average molecular weight is 460 g/mol. The van der Waals surface area contributed by atoms with Gasteiger partial charge in [-0.25, -0.2) is 13.2 Å². The first-order chi connectivity index (χ1) is 12.8. The van der Waals surface area contributed by atoms with Crippen LogP contribution in [0.15, 0.2) is 39.7 Å². The van der Waals surface area contributed by atoms with E-state index in [1.165, 1.54) is 58.8 Å². The summed E-state index contributed by atoms with van der Waals surface area (Å²) in [6.07, 6.45) is 0. The zero-order valence-electron chi connectivity index (χ0n) is 15.0. The Bertz CT molecular complexity index is 935. The molecule has 146 valence electrons. The molecule has 0 unspecified atom stereocenters. The lowest BCUT2D eigenvalue weighted by Gasteiger charge is -2.15. The van der Waals surface area contributed by atoms with Crippen molar-refractivity contribution < 1.29 is 32.2 Å². The number of esters is 1. The van der Waals surface area contributed by atoms with Crippen molar-refractivity contribution in [3.05, 3.63) is 40.4 Å². The molecule has 0 amide bonds. The lowest BCUT2D eigenvalue weighted by Crippen LogP contribution is -2.14. The molecular weight excluding hydrogens is 442 g/mol. The standard InChI is InChI=1S/C17H18BrNO7S/c1-23-14-7-10(8-15(24-2)16(14)25-3)19-27(21,22)11-5-6-13(18)12(9-11)17(20)26-4/h5-9,19H,1-4H3. The molecule has 10 heteroatoms. The molecule has 0 aliphatic rings. The van der Waals surface area contributed by atoms with Crippen molar-refractivity contribution in [3.8, 4) is 17.2 Å². The van der Waals surface area contributed by atoms with Gasteiger partial charge >= 0.3 is 5.97 Å². The SMILES string of the molecule is COC(=O)c1cc(S(=O)(=O)Nc2cc(OC)c(OC)c(OC)c2)ccc1Br. The molecule has 2 aromatic rings. The summed E-state index contributed by atoms with van der Waals surface area (Å²) in [6, 6.07) is 6.95. The Hall–Kier alpha value is -2.46. The number of hydrogen-bond acceptors (Lipinski definition) is 7. The van der Waals surface area contributed by atoms with Gasteiger partial charge in [-0.3, -0.25) is 4.72 Å². The summed E-state index contributed by atoms with van der Waals surface area (Å²) < 4.78 is 48.6. The van der Waals surface area contributed by atoms with E-state index in [0.29, 0.717) is 21.7 Å². The molecule has 0 spiro atoms. The molecule has 0 saturated heterocycles. The highest BCUT2D eigenvalue weighted by molar-refractivity contribution is 9.10. The third-order valence-corrected chi connectivity index (χ3v) is 5.64. The highest BCUT2D eigenvalue weighted by Crippen LogP contribution is 2.40. The number of nitrogens with one attached hydrogen (secondary N) is 1. The third-order valence-electron chi connectivity index (χ3n) is 3.57. The number of benzene rings is 2. The average Bonchev–Trinajstić information content (AvgIpc) is 2.66. The van der Waals surface area contributed by atoms with Crippen molar-refractivity contribution in [2.75, 3.05) is 33.2 Å². The van der Waals surface area contributed by atoms with Crippen molar-refractivity contribution in [2.24, 2.45) is 0 Å². The molecule has 27 heavy (non-hydrogen) atoms. The monoisotopic (exact) mass is 459 g/mol. The van der Waals surface area contributed by atoms with Gasteiger partial charge in [-0.1, -0.05) is 0 Å². The van der Waals surface area contributed by atoms with Gasteiger partial charge < -0.3 is 18.9 Å². The maximum atomic E-state index is 12.7. The predicted molar refractivity (Wildman–Crippen MR) is 102 cm³/mol. The van der Waals surface area contributed by atoms with E-state index in [2.05, 4.69) is 25.4 Å². The minimum Gasteiger partial charge on any atom is -0.493 e. The first-order valence-electron chi connectivity index (χ1n) is 7.48. The molecule has 0 atom stereocenters. The first kappa shape index (κ1) is 20.8. The van der Waals surface area contributed by atoms with E-state index >= 15 is 0 Å². The summed E-state index contributed by atoms with van der Waals surface area (Å²) in [5.41, 5.74) is 0.289. The molecule has 0 radical (unpaired) electrons. The van der Waals surface area contributed by atoms with Gasteiger partial charge in [0.15, 0.2) is 11.5 Å². The highest BCUT2D eigenvalue weighted by atomic mass is 79.9. The van der Waals surface area contributed by atoms with E-state index in [-0.39, 0.29) is 16.1 Å². The molecule has 2 aromatic carbocycles. The highest BCUT2D eigenvalue weighted by Gasteiger charge is 2.21. The molecule has 0 bridgehead atoms. The zero-order valence-corrected chi connectivity index (χ0v) is 17.4. The summed E-state index contributed by atoms with van der Waals surface area (Å²) in [5.74, 6) is 0.257. The first-order valence-corrected chi connectivity index (χ1v) is 9.75. The molecule has 0 heterocycles. The lowest BCUT2D eigenvalue weighted by atomic mass is 10.2. The van der Waals surface area contributed by atoms with Crippen molar-refractivity contribution >= 4 is 37.6 Å². The lowest BCUT2D eigenvalue weighted by molar-refractivity contribution is 0.0599. The summed E-state index contributed by atoms with van der Waals surface area (Å²) in [7, 11) is 1.51. The van der Waals surface area contributed by atoms with Crippen LogP contribution in [0.5, 0.6) is 17.2 Å². The fraction of sp³-hybridized carbons (Fsp3) is 0.235. The van der Waals surface area contributed by atoms with Crippen LogP contribution in [0.25, 0.3) is 0 Å². The minimum atomic E-state index is -3.99. The molecule has 0 aromatic heterocycles. The Morgan fingerprint density at radius 2 is 1.56 bits per heavy atom. The Morgan fingerprint density at radius 1 is 0.963 bits per heavy atom. The zero-order chi connectivity index (χ0) is 20.2. The maximum Gasteiger partial charge on any atom is 0.339 e. The summed E-state index contributed by atoms with van der Waals surface area (Å²) in [6.45, 7) is 0. The van der Waals surface area contributed by atoms with Crippen molar-refractivity contribution in [1.82, 2.24) is 0 Å². The van der Waals surface area contributed by atoms with Crippen LogP contribution >= 0.6 is 15.9 Å². The van der Waals surface area contributed by atoms with Crippen LogP contribution in [0.3, 0.4) is 0 Å². The van der Waals surface area contributed by atoms with Crippen molar-refractivity contribution in [1.29, 1.82) is 0 Å². The van der Waals surface area contributed by atoms with Gasteiger partial charge in [0.05, 0.1) is 44.6 Å². The van der Waals surface area contributed by atoms with E-state index in [9.17, 15) is 13.2 Å². The number of anilines is 1. The van der Waals surface area contributed by atoms with Crippen LogP contribution in [-0.2, 0) is 14.8 Å². The smallest absolute Gasteiger partial charge is 0.339 e. The third kappa shape index (κ3) is 4.45. The number of ether oxygens (including phenoxy) is 4. The van der Waals surface area contributed by atoms with Gasteiger partial charge in [-0.15, -0.1) is 0 Å². The topological polar surface area (TPSA) is 100 Å². The Balaban J connectivity index is 2.46. The molecule has 0 saturated carbocycles. The van der Waals surface area contributed by atoms with E-state index in [1.54, 1.807) is 0 Å². The van der Waals surface area contributed by atoms with Gasteiger partial charge in [0, 0.05) is 16.6 Å². The van der Waals surface area contributed by atoms with Crippen LogP contribution < -0.4 is 18.9 Å². The van der Waals surface area contributed by atoms with E-state index in [1.807, 2.05) is 0 Å². The van der Waals surface area contributed by atoms with Crippen LogP contribution in [0, 0.1) is 0 Å². The number of carbonyl (C=O) groups is 1. The van der Waals surface area contributed by atoms with Gasteiger partial charge in [0.2, 0.25) is 5.75 Å². The minimum absolute atomic E-state index is 0.0882. The Morgan fingerprint density at radius 3 is 2.04 bits per heavy atom. The molecule has 0 fully saturated rings. The second kappa shape index (κ2) is 8.49. The molecule has 0 aliphatic carbocycles.